The summed E-state index contributed by atoms with van der Waals surface area (Å²) < 4.78 is 0. The van der Waals surface area contributed by atoms with Crippen molar-refractivity contribution < 1.29 is 0 Å². The van der Waals surface area contributed by atoms with E-state index in [4.69, 9.17) is 16.6 Å². The van der Waals surface area contributed by atoms with Gasteiger partial charge in [0.25, 0.3) is 0 Å². The third kappa shape index (κ3) is 3.35. The Hall–Kier alpha value is -2.84. The van der Waals surface area contributed by atoms with Gasteiger partial charge in [-0.1, -0.05) is 59.6 Å². The van der Waals surface area contributed by atoms with Crippen molar-refractivity contribution in [2.45, 2.75) is 6.92 Å². The smallest absolute Gasteiger partial charge is 0.131 e. The minimum atomic E-state index is 0.714. The zero-order valence-electron chi connectivity index (χ0n) is 13.8. The number of benzene rings is 3. The van der Waals surface area contributed by atoms with Crippen molar-refractivity contribution in [2.24, 2.45) is 0 Å². The predicted molar refractivity (Wildman–Crippen MR) is 107 cm³/mol. The number of nitrogens with one attached hydrogen (secondary N) is 1. The molecule has 0 atom stereocenters. The molecule has 25 heavy (non-hydrogen) atoms. The normalized spacial score (nSPS) is 10.8. The van der Waals surface area contributed by atoms with Crippen LogP contribution in [0.4, 0.5) is 11.5 Å². The van der Waals surface area contributed by atoms with Crippen LogP contribution >= 0.6 is 11.6 Å². The van der Waals surface area contributed by atoms with E-state index >= 15 is 0 Å². The van der Waals surface area contributed by atoms with Crippen molar-refractivity contribution >= 4 is 34.0 Å². The van der Waals surface area contributed by atoms with Gasteiger partial charge in [0, 0.05) is 16.1 Å². The van der Waals surface area contributed by atoms with Crippen LogP contribution in [0.3, 0.4) is 0 Å². The van der Waals surface area contributed by atoms with E-state index in [1.165, 1.54) is 5.56 Å². The summed E-state index contributed by atoms with van der Waals surface area (Å²) in [6.45, 7) is 2.08. The first-order valence-corrected chi connectivity index (χ1v) is 8.56. The number of fused-ring (bicyclic) bond motifs is 1. The van der Waals surface area contributed by atoms with Crippen LogP contribution in [0.25, 0.3) is 22.0 Å². The lowest BCUT2D eigenvalue weighted by Crippen LogP contribution is -1.96. The molecule has 4 rings (SSSR count). The molecule has 1 aromatic heterocycles. The fourth-order valence-corrected chi connectivity index (χ4v) is 3.08. The van der Waals surface area contributed by atoms with Crippen LogP contribution in [0.2, 0.25) is 5.02 Å². The maximum atomic E-state index is 6.22. The summed E-state index contributed by atoms with van der Waals surface area (Å²) in [5, 5.41) is 5.17. The van der Waals surface area contributed by atoms with Crippen LogP contribution in [0, 0.1) is 6.92 Å². The third-order valence-corrected chi connectivity index (χ3v) is 4.41. The molecule has 3 aromatic carbocycles. The maximum absolute atomic E-state index is 6.22. The van der Waals surface area contributed by atoms with Gasteiger partial charge in [-0.3, -0.25) is 0 Å². The number of nitrogens with zero attached hydrogens (tertiary/aromatic N) is 1. The van der Waals surface area contributed by atoms with Crippen LogP contribution in [0.15, 0.2) is 78.9 Å². The Labute approximate surface area is 152 Å². The molecular weight excluding hydrogens is 328 g/mol. The Morgan fingerprint density at radius 3 is 2.36 bits per heavy atom. The number of pyridine rings is 1. The summed E-state index contributed by atoms with van der Waals surface area (Å²) in [6.07, 6.45) is 0. The van der Waals surface area contributed by atoms with Gasteiger partial charge >= 0.3 is 0 Å². The Morgan fingerprint density at radius 1 is 0.840 bits per heavy atom. The number of anilines is 2. The van der Waals surface area contributed by atoms with E-state index in [-0.39, 0.29) is 0 Å². The first-order valence-electron chi connectivity index (χ1n) is 8.18. The second-order valence-electron chi connectivity index (χ2n) is 6.07. The van der Waals surface area contributed by atoms with Gasteiger partial charge in [0.05, 0.1) is 5.52 Å². The fourth-order valence-electron chi connectivity index (χ4n) is 2.90. The zero-order valence-corrected chi connectivity index (χ0v) is 14.6. The lowest BCUT2D eigenvalue weighted by atomic mass is 10.0. The Morgan fingerprint density at radius 2 is 1.60 bits per heavy atom. The Balaban J connectivity index is 1.86. The number of aromatic nitrogens is 1. The molecule has 1 N–H and O–H groups in total. The van der Waals surface area contributed by atoms with Gasteiger partial charge in [0.15, 0.2) is 0 Å². The van der Waals surface area contributed by atoms with Gasteiger partial charge in [-0.05, 0) is 54.4 Å². The Bertz CT molecular complexity index is 1030. The average Bonchev–Trinajstić information content (AvgIpc) is 2.64. The summed E-state index contributed by atoms with van der Waals surface area (Å²) >= 11 is 6.22. The van der Waals surface area contributed by atoms with Gasteiger partial charge in [-0.15, -0.1) is 0 Å². The molecule has 122 valence electrons. The highest BCUT2D eigenvalue weighted by Crippen LogP contribution is 2.32. The average molecular weight is 345 g/mol. The molecule has 0 fully saturated rings. The summed E-state index contributed by atoms with van der Waals surface area (Å²) in [7, 11) is 0. The van der Waals surface area contributed by atoms with Crippen molar-refractivity contribution in [2.75, 3.05) is 5.32 Å². The molecule has 4 aromatic rings. The molecule has 0 aliphatic carbocycles. The van der Waals surface area contributed by atoms with Crippen molar-refractivity contribution in [1.82, 2.24) is 4.98 Å². The minimum Gasteiger partial charge on any atom is -0.340 e. The van der Waals surface area contributed by atoms with Gasteiger partial charge in [-0.2, -0.15) is 0 Å². The highest BCUT2D eigenvalue weighted by Gasteiger charge is 2.09. The summed E-state index contributed by atoms with van der Waals surface area (Å²) in [5.74, 6) is 0.817. The molecule has 0 saturated heterocycles. The molecule has 0 saturated carbocycles. The number of halogens is 1. The molecule has 0 unspecified atom stereocenters. The minimum absolute atomic E-state index is 0.714. The molecule has 0 amide bonds. The SMILES string of the molecule is Cc1ccc(Nc2cc(-c3ccccc3)c3cc(Cl)ccc3n2)cc1. The van der Waals surface area contributed by atoms with E-state index in [1.807, 2.05) is 36.4 Å². The van der Waals surface area contributed by atoms with Crippen LogP contribution in [-0.2, 0) is 0 Å². The fraction of sp³-hybridized carbons (Fsp3) is 0.0455. The predicted octanol–water partition coefficient (Wildman–Crippen LogP) is 6.61. The Kier molecular flexibility index (Phi) is 4.12. The first-order chi connectivity index (χ1) is 12.2. The number of hydrogen-bond donors (Lipinski definition) is 1. The molecule has 1 heterocycles. The topological polar surface area (TPSA) is 24.9 Å². The zero-order chi connectivity index (χ0) is 17.2. The van der Waals surface area contributed by atoms with Crippen LogP contribution in [0.1, 0.15) is 5.56 Å². The standard InChI is InChI=1S/C22H17ClN2/c1-15-7-10-18(11-8-15)24-22-14-19(16-5-3-2-4-6-16)20-13-17(23)9-12-21(20)25-22/h2-14H,1H3,(H,24,25). The van der Waals surface area contributed by atoms with E-state index in [0.29, 0.717) is 5.02 Å². The molecule has 0 radical (unpaired) electrons. The number of rotatable bonds is 3. The third-order valence-electron chi connectivity index (χ3n) is 4.18. The molecule has 2 nitrogen and oxygen atoms in total. The molecule has 3 heteroatoms. The van der Waals surface area contributed by atoms with Crippen molar-refractivity contribution in [3.63, 3.8) is 0 Å². The van der Waals surface area contributed by atoms with Gasteiger partial charge in [-0.25, -0.2) is 4.98 Å². The molecule has 0 aliphatic heterocycles. The van der Waals surface area contributed by atoms with E-state index in [9.17, 15) is 0 Å². The second kappa shape index (κ2) is 6.58. The summed E-state index contributed by atoms with van der Waals surface area (Å²) in [4.78, 5) is 4.75. The van der Waals surface area contributed by atoms with E-state index in [1.54, 1.807) is 0 Å². The largest absolute Gasteiger partial charge is 0.340 e. The highest BCUT2D eigenvalue weighted by atomic mass is 35.5. The molecule has 0 bridgehead atoms. The maximum Gasteiger partial charge on any atom is 0.131 e. The van der Waals surface area contributed by atoms with E-state index in [0.717, 1.165) is 33.5 Å². The van der Waals surface area contributed by atoms with Crippen molar-refractivity contribution in [1.29, 1.82) is 0 Å². The monoisotopic (exact) mass is 344 g/mol. The van der Waals surface area contributed by atoms with Crippen LogP contribution in [0.5, 0.6) is 0 Å². The lowest BCUT2D eigenvalue weighted by Gasteiger charge is -2.12. The van der Waals surface area contributed by atoms with Crippen LogP contribution in [-0.4, -0.2) is 4.98 Å². The number of hydrogen-bond acceptors (Lipinski definition) is 2. The summed E-state index contributed by atoms with van der Waals surface area (Å²) in [6, 6.07) is 26.5. The summed E-state index contributed by atoms with van der Waals surface area (Å²) in [5.41, 5.74) is 5.43. The highest BCUT2D eigenvalue weighted by molar-refractivity contribution is 6.31. The van der Waals surface area contributed by atoms with Crippen molar-refractivity contribution in [3.05, 3.63) is 89.4 Å². The number of aryl methyl sites for hydroxylation is 1. The van der Waals surface area contributed by atoms with E-state index in [2.05, 4.69) is 54.7 Å². The molecular formula is C22H17ClN2. The van der Waals surface area contributed by atoms with Crippen LogP contribution < -0.4 is 5.32 Å². The molecule has 0 spiro atoms. The van der Waals surface area contributed by atoms with Crippen molar-refractivity contribution in [3.8, 4) is 11.1 Å². The quantitative estimate of drug-likeness (QED) is 0.452. The molecule has 0 aliphatic rings. The lowest BCUT2D eigenvalue weighted by molar-refractivity contribution is 1.36. The second-order valence-corrected chi connectivity index (χ2v) is 6.51. The first kappa shape index (κ1) is 15.7. The van der Waals surface area contributed by atoms with Gasteiger partial charge in [0.1, 0.15) is 5.82 Å². The van der Waals surface area contributed by atoms with Gasteiger partial charge in [0.2, 0.25) is 0 Å². The van der Waals surface area contributed by atoms with E-state index < -0.39 is 0 Å². The van der Waals surface area contributed by atoms with Gasteiger partial charge < -0.3 is 5.32 Å².